The first kappa shape index (κ1) is 13.9. The zero-order valence-corrected chi connectivity index (χ0v) is 12.4. The molecule has 0 aliphatic rings. The molecule has 3 rings (SSSR count). The first-order chi connectivity index (χ1) is 10.2. The molecular weight excluding hydrogens is 288 g/mol. The van der Waals surface area contributed by atoms with Crippen molar-refractivity contribution in [2.45, 2.75) is 6.92 Å². The smallest absolute Gasteiger partial charge is 0.189 e. The number of aryl methyl sites for hydroxylation is 1. The number of rotatable bonds is 4. The molecule has 4 nitrogen and oxygen atoms in total. The van der Waals surface area contributed by atoms with Crippen LogP contribution in [0.5, 0.6) is 5.75 Å². The second-order valence-electron chi connectivity index (χ2n) is 4.74. The van der Waals surface area contributed by atoms with Gasteiger partial charge in [0.2, 0.25) is 0 Å². The van der Waals surface area contributed by atoms with Crippen molar-refractivity contribution in [1.29, 1.82) is 0 Å². The highest BCUT2D eigenvalue weighted by Crippen LogP contribution is 2.38. The molecule has 0 fully saturated rings. The van der Waals surface area contributed by atoms with E-state index in [9.17, 15) is 0 Å². The van der Waals surface area contributed by atoms with Gasteiger partial charge in [-0.2, -0.15) is 0 Å². The van der Waals surface area contributed by atoms with Gasteiger partial charge in [-0.15, -0.1) is 0 Å². The molecule has 0 saturated carbocycles. The van der Waals surface area contributed by atoms with Crippen LogP contribution in [0.1, 0.15) is 5.56 Å². The Morgan fingerprint density at radius 2 is 2.05 bits per heavy atom. The van der Waals surface area contributed by atoms with Crippen LogP contribution in [0.25, 0.3) is 22.2 Å². The molecule has 3 aromatic rings. The largest absolute Gasteiger partial charge is 0.491 e. The summed E-state index contributed by atoms with van der Waals surface area (Å²) in [5, 5.41) is 5.46. The maximum absolute atomic E-state index is 6.32. The van der Waals surface area contributed by atoms with E-state index in [0.29, 0.717) is 29.5 Å². The molecule has 108 valence electrons. The Balaban J connectivity index is 2.12. The van der Waals surface area contributed by atoms with Gasteiger partial charge >= 0.3 is 0 Å². The van der Waals surface area contributed by atoms with Crippen molar-refractivity contribution < 1.29 is 9.26 Å². The molecule has 0 radical (unpaired) electrons. The van der Waals surface area contributed by atoms with Crippen molar-refractivity contribution in [2.75, 3.05) is 13.2 Å². The highest BCUT2D eigenvalue weighted by atomic mass is 35.5. The number of hydrogen-bond donors (Lipinski definition) is 1. The molecule has 0 aliphatic carbocycles. The number of fused-ring (bicyclic) bond motifs is 1. The predicted molar refractivity (Wildman–Crippen MR) is 83.7 cm³/mol. The lowest BCUT2D eigenvalue weighted by Gasteiger charge is -2.06. The van der Waals surface area contributed by atoms with Crippen LogP contribution in [0.4, 0.5) is 0 Å². The van der Waals surface area contributed by atoms with Gasteiger partial charge in [0.1, 0.15) is 23.1 Å². The van der Waals surface area contributed by atoms with Gasteiger partial charge < -0.3 is 15.0 Å². The molecule has 21 heavy (non-hydrogen) atoms. The summed E-state index contributed by atoms with van der Waals surface area (Å²) in [6, 6.07) is 11.7. The molecular formula is C16H15ClN2O2. The Bertz CT molecular complexity index is 783. The average molecular weight is 303 g/mol. The topological polar surface area (TPSA) is 61.3 Å². The molecule has 0 amide bonds. The molecule has 0 atom stereocenters. The van der Waals surface area contributed by atoms with Gasteiger partial charge in [0.25, 0.3) is 0 Å². The second kappa shape index (κ2) is 5.76. The van der Waals surface area contributed by atoms with Crippen LogP contribution in [-0.2, 0) is 0 Å². The Kier molecular flexibility index (Phi) is 3.82. The molecule has 0 aliphatic heterocycles. The van der Waals surface area contributed by atoms with Crippen LogP contribution in [-0.4, -0.2) is 18.3 Å². The van der Waals surface area contributed by atoms with Gasteiger partial charge in [-0.25, -0.2) is 0 Å². The fourth-order valence-electron chi connectivity index (χ4n) is 2.27. The number of aromatic nitrogens is 1. The molecule has 5 heteroatoms. The van der Waals surface area contributed by atoms with Crippen molar-refractivity contribution in [2.24, 2.45) is 5.73 Å². The summed E-state index contributed by atoms with van der Waals surface area (Å²) >= 11 is 6.32. The van der Waals surface area contributed by atoms with Gasteiger partial charge in [-0.05, 0) is 24.6 Å². The summed E-state index contributed by atoms with van der Waals surface area (Å²) in [5.41, 5.74) is 8.91. The summed E-state index contributed by atoms with van der Waals surface area (Å²) < 4.78 is 10.9. The summed E-state index contributed by atoms with van der Waals surface area (Å²) in [6.07, 6.45) is 0. The molecule has 0 unspecified atom stereocenters. The van der Waals surface area contributed by atoms with Gasteiger partial charge in [0.15, 0.2) is 5.58 Å². The van der Waals surface area contributed by atoms with Crippen LogP contribution in [0.2, 0.25) is 5.02 Å². The quantitative estimate of drug-likeness (QED) is 0.796. The fourth-order valence-corrected chi connectivity index (χ4v) is 2.52. The van der Waals surface area contributed by atoms with Gasteiger partial charge in [0.05, 0.1) is 5.39 Å². The molecule has 1 aromatic heterocycles. The minimum atomic E-state index is 0.407. The first-order valence-electron chi connectivity index (χ1n) is 6.69. The average Bonchev–Trinajstić information content (AvgIpc) is 2.92. The highest BCUT2D eigenvalue weighted by molar-refractivity contribution is 6.36. The molecule has 2 N–H and O–H groups in total. The van der Waals surface area contributed by atoms with E-state index in [1.165, 1.54) is 0 Å². The summed E-state index contributed by atoms with van der Waals surface area (Å²) in [5.74, 6) is 0.558. The van der Waals surface area contributed by atoms with E-state index in [2.05, 4.69) is 5.16 Å². The van der Waals surface area contributed by atoms with Crippen LogP contribution in [0.3, 0.4) is 0 Å². The van der Waals surface area contributed by atoms with Gasteiger partial charge in [-0.1, -0.05) is 41.0 Å². The van der Waals surface area contributed by atoms with E-state index < -0.39 is 0 Å². The lowest BCUT2D eigenvalue weighted by molar-refractivity contribution is 0.328. The van der Waals surface area contributed by atoms with E-state index in [1.807, 2.05) is 43.3 Å². The Morgan fingerprint density at radius 1 is 1.24 bits per heavy atom. The van der Waals surface area contributed by atoms with E-state index in [-0.39, 0.29) is 0 Å². The van der Waals surface area contributed by atoms with E-state index in [1.54, 1.807) is 0 Å². The van der Waals surface area contributed by atoms with Crippen molar-refractivity contribution in [3.63, 3.8) is 0 Å². The standard InChI is InChI=1S/C16H15ClN2O2/c1-10-4-2-3-5-11(10)15-12-6-7-13(20-9-8-18)14(17)16(12)21-19-15/h2-7H,8-9,18H2,1H3. The lowest BCUT2D eigenvalue weighted by atomic mass is 10.0. The normalized spacial score (nSPS) is 11.0. The maximum atomic E-state index is 6.32. The zero-order valence-electron chi connectivity index (χ0n) is 11.6. The maximum Gasteiger partial charge on any atom is 0.189 e. The van der Waals surface area contributed by atoms with Crippen LogP contribution >= 0.6 is 11.6 Å². The fraction of sp³-hybridized carbons (Fsp3) is 0.188. The minimum Gasteiger partial charge on any atom is -0.491 e. The predicted octanol–water partition coefficient (Wildman–Crippen LogP) is 3.79. The van der Waals surface area contributed by atoms with E-state index in [0.717, 1.165) is 22.2 Å². The van der Waals surface area contributed by atoms with Crippen LogP contribution in [0, 0.1) is 6.92 Å². The van der Waals surface area contributed by atoms with Gasteiger partial charge in [-0.3, -0.25) is 0 Å². The van der Waals surface area contributed by atoms with Crippen molar-refractivity contribution in [1.82, 2.24) is 5.16 Å². The van der Waals surface area contributed by atoms with Crippen molar-refractivity contribution in [3.05, 3.63) is 47.0 Å². The monoisotopic (exact) mass is 302 g/mol. The summed E-state index contributed by atoms with van der Waals surface area (Å²) in [4.78, 5) is 0. The number of halogens is 1. The minimum absolute atomic E-state index is 0.407. The van der Waals surface area contributed by atoms with Crippen LogP contribution < -0.4 is 10.5 Å². The van der Waals surface area contributed by atoms with Crippen LogP contribution in [0.15, 0.2) is 40.9 Å². The molecule has 1 heterocycles. The summed E-state index contributed by atoms with van der Waals surface area (Å²) in [7, 11) is 0. The van der Waals surface area contributed by atoms with Gasteiger partial charge in [0, 0.05) is 12.1 Å². The molecule has 0 spiro atoms. The number of nitrogens with two attached hydrogens (primary N) is 1. The summed E-state index contributed by atoms with van der Waals surface area (Å²) in [6.45, 7) is 2.87. The molecule has 0 bridgehead atoms. The third-order valence-electron chi connectivity index (χ3n) is 3.32. The highest BCUT2D eigenvalue weighted by Gasteiger charge is 2.17. The zero-order chi connectivity index (χ0) is 14.8. The number of nitrogens with zero attached hydrogens (tertiary/aromatic N) is 1. The lowest BCUT2D eigenvalue weighted by Crippen LogP contribution is -2.10. The SMILES string of the molecule is Cc1ccccc1-c1noc2c(Cl)c(OCCN)ccc12. The van der Waals surface area contributed by atoms with E-state index >= 15 is 0 Å². The number of hydrogen-bond acceptors (Lipinski definition) is 4. The second-order valence-corrected chi connectivity index (χ2v) is 5.12. The van der Waals surface area contributed by atoms with E-state index in [4.69, 9.17) is 26.6 Å². The number of ether oxygens (including phenoxy) is 1. The Morgan fingerprint density at radius 3 is 2.81 bits per heavy atom. The molecule has 2 aromatic carbocycles. The third kappa shape index (κ3) is 2.48. The Hall–Kier alpha value is -2.04. The van der Waals surface area contributed by atoms with Crippen molar-refractivity contribution >= 4 is 22.6 Å². The van der Waals surface area contributed by atoms with Crippen molar-refractivity contribution in [3.8, 4) is 17.0 Å². The number of benzene rings is 2. The Labute approximate surface area is 127 Å². The first-order valence-corrected chi connectivity index (χ1v) is 7.07. The third-order valence-corrected chi connectivity index (χ3v) is 3.68. The molecule has 0 saturated heterocycles.